The number of esters is 4. The van der Waals surface area contributed by atoms with Gasteiger partial charge < -0.3 is 33.8 Å². The molecule has 111 heavy (non-hydrogen) atoms. The zero-order chi connectivity index (χ0) is 81.3. The van der Waals surface area contributed by atoms with Gasteiger partial charge in [0.25, 0.3) is 0 Å². The van der Waals surface area contributed by atoms with Gasteiger partial charge in [-0.15, -0.1) is 0 Å². The molecule has 0 aliphatic heterocycles. The second-order valence-corrected chi connectivity index (χ2v) is 36.4. The normalized spacial score (nSPS) is 14.2. The Labute approximate surface area is 683 Å². The molecule has 660 valence electrons. The topological polar surface area (TPSA) is 237 Å². The number of ether oxygens (including phenoxy) is 4. The lowest BCUT2D eigenvalue weighted by atomic mass is 9.99. The summed E-state index contributed by atoms with van der Waals surface area (Å²) in [6.45, 7) is 9.83. The molecule has 0 aromatic heterocycles. The van der Waals surface area contributed by atoms with E-state index < -0.39 is 97.5 Å². The van der Waals surface area contributed by atoms with Gasteiger partial charge in [0.15, 0.2) is 12.2 Å². The summed E-state index contributed by atoms with van der Waals surface area (Å²) >= 11 is 0. The fraction of sp³-hybridized carbons (Fsp3) is 0.957. The van der Waals surface area contributed by atoms with Crippen LogP contribution < -0.4 is 0 Å². The first kappa shape index (κ1) is 109. The second kappa shape index (κ2) is 83.1. The van der Waals surface area contributed by atoms with Gasteiger partial charge >= 0.3 is 39.5 Å². The highest BCUT2D eigenvalue weighted by molar-refractivity contribution is 7.47. The lowest BCUT2D eigenvalue weighted by molar-refractivity contribution is -0.161. The van der Waals surface area contributed by atoms with Crippen molar-refractivity contribution in [3.8, 4) is 0 Å². The fourth-order valence-corrected chi connectivity index (χ4v) is 16.0. The van der Waals surface area contributed by atoms with Crippen LogP contribution in [0, 0.1) is 11.8 Å². The minimum Gasteiger partial charge on any atom is -0.462 e. The van der Waals surface area contributed by atoms with Gasteiger partial charge in [-0.05, 0) is 37.5 Å². The first-order chi connectivity index (χ1) is 53.9. The molecule has 4 unspecified atom stereocenters. The molecule has 0 saturated heterocycles. The number of phosphoric ester groups is 2. The summed E-state index contributed by atoms with van der Waals surface area (Å²) in [5.74, 6) is -0.351. The molecule has 0 heterocycles. The number of aliphatic hydroxyl groups is 1. The number of aliphatic hydroxyl groups excluding tert-OH is 1. The highest BCUT2D eigenvalue weighted by atomic mass is 31.2. The van der Waals surface area contributed by atoms with E-state index in [2.05, 4.69) is 41.5 Å². The van der Waals surface area contributed by atoms with Crippen LogP contribution in [0.3, 0.4) is 0 Å². The molecule has 0 aliphatic rings. The Bertz CT molecular complexity index is 2120. The maximum Gasteiger partial charge on any atom is 0.472 e. The SMILES string of the molecule is CCCCCCCCCCCCCCCCCCCCC(=O)O[C@H](COC(=O)CCCCCCCCCCC)COP(=O)(O)OC[C@H](O)COP(=O)(O)OC[C@@H](COC(=O)CCCCCCCCCCCCCCCCCCCCC(C)CC)OC(=O)CCCCCCCCCCCCCCCCCCCCC(C)CC. The summed E-state index contributed by atoms with van der Waals surface area (Å²) < 4.78 is 69.0. The number of hydrogen-bond acceptors (Lipinski definition) is 15. The van der Waals surface area contributed by atoms with E-state index in [9.17, 15) is 43.2 Å². The maximum atomic E-state index is 13.2. The van der Waals surface area contributed by atoms with Gasteiger partial charge in [-0.1, -0.05) is 446 Å². The second-order valence-electron chi connectivity index (χ2n) is 33.5. The smallest absolute Gasteiger partial charge is 0.462 e. The van der Waals surface area contributed by atoms with Crippen LogP contribution in [0.25, 0.3) is 0 Å². The number of phosphoric acid groups is 2. The van der Waals surface area contributed by atoms with Crippen LogP contribution in [0.1, 0.15) is 497 Å². The van der Waals surface area contributed by atoms with Gasteiger partial charge in [0.05, 0.1) is 26.4 Å². The molecule has 0 aromatic carbocycles. The number of carbonyl (C=O) groups is 4. The Morgan fingerprint density at radius 2 is 0.432 bits per heavy atom. The third kappa shape index (κ3) is 82.9. The third-order valence-corrected chi connectivity index (χ3v) is 24.3. The van der Waals surface area contributed by atoms with Crippen LogP contribution in [-0.2, 0) is 65.4 Å². The Balaban J connectivity index is 5.19. The molecule has 0 fully saturated rings. The average molecular weight is 1620 g/mol. The third-order valence-electron chi connectivity index (χ3n) is 22.4. The molecule has 0 rings (SSSR count). The van der Waals surface area contributed by atoms with Gasteiger partial charge in [0.1, 0.15) is 19.3 Å². The molecule has 0 amide bonds. The average Bonchev–Trinajstić information content (AvgIpc) is 0.899. The van der Waals surface area contributed by atoms with Crippen LogP contribution in [0.4, 0.5) is 0 Å². The number of carbonyl (C=O) groups excluding carboxylic acids is 4. The van der Waals surface area contributed by atoms with Crippen molar-refractivity contribution in [1.82, 2.24) is 0 Å². The Morgan fingerprint density at radius 3 is 0.640 bits per heavy atom. The van der Waals surface area contributed by atoms with Gasteiger partial charge in [-0.3, -0.25) is 37.3 Å². The van der Waals surface area contributed by atoms with E-state index in [4.69, 9.17) is 37.0 Å². The predicted molar refractivity (Wildman–Crippen MR) is 460 cm³/mol. The largest absolute Gasteiger partial charge is 0.472 e. The van der Waals surface area contributed by atoms with Gasteiger partial charge in [0.2, 0.25) is 0 Å². The van der Waals surface area contributed by atoms with Crippen molar-refractivity contribution in [2.45, 2.75) is 516 Å². The van der Waals surface area contributed by atoms with Crippen LogP contribution in [0.15, 0.2) is 0 Å². The first-order valence-corrected chi connectivity index (χ1v) is 50.6. The molecule has 0 aliphatic carbocycles. The fourth-order valence-electron chi connectivity index (χ4n) is 14.4. The van der Waals surface area contributed by atoms with Crippen molar-refractivity contribution >= 4 is 39.5 Å². The van der Waals surface area contributed by atoms with Crippen molar-refractivity contribution < 1.29 is 80.2 Å². The molecule has 3 N–H and O–H groups in total. The molecule has 0 bridgehead atoms. The van der Waals surface area contributed by atoms with E-state index in [-0.39, 0.29) is 25.7 Å². The quantitative estimate of drug-likeness (QED) is 0.0222. The lowest BCUT2D eigenvalue weighted by Gasteiger charge is -2.21. The number of rotatable bonds is 91. The minimum atomic E-state index is -4.97. The zero-order valence-electron chi connectivity index (χ0n) is 73.3. The molecular weight excluding hydrogens is 1440 g/mol. The summed E-state index contributed by atoms with van der Waals surface area (Å²) in [6, 6.07) is 0. The first-order valence-electron chi connectivity index (χ1n) is 47.6. The predicted octanol–water partition coefficient (Wildman–Crippen LogP) is 28.6. The van der Waals surface area contributed by atoms with Gasteiger partial charge in [-0.2, -0.15) is 0 Å². The highest BCUT2D eigenvalue weighted by Crippen LogP contribution is 2.45. The van der Waals surface area contributed by atoms with E-state index in [0.29, 0.717) is 25.7 Å². The molecule has 19 heteroatoms. The Hall–Kier alpha value is -1.94. The summed E-state index contributed by atoms with van der Waals surface area (Å²) in [6.07, 6.45) is 77.8. The van der Waals surface area contributed by atoms with Crippen LogP contribution >= 0.6 is 15.6 Å². The van der Waals surface area contributed by atoms with Crippen LogP contribution in [0.2, 0.25) is 0 Å². The molecule has 7 atom stereocenters. The van der Waals surface area contributed by atoms with Crippen molar-refractivity contribution in [1.29, 1.82) is 0 Å². The number of hydrogen-bond donors (Lipinski definition) is 3. The Morgan fingerprint density at radius 1 is 0.252 bits per heavy atom. The van der Waals surface area contributed by atoms with E-state index in [0.717, 1.165) is 102 Å². The summed E-state index contributed by atoms with van der Waals surface area (Å²) in [7, 11) is -9.93. The van der Waals surface area contributed by atoms with E-state index in [1.807, 2.05) is 0 Å². The monoisotopic (exact) mass is 1620 g/mol. The van der Waals surface area contributed by atoms with E-state index >= 15 is 0 Å². The Kier molecular flexibility index (Phi) is 81.7. The van der Waals surface area contributed by atoms with Crippen molar-refractivity contribution in [3.05, 3.63) is 0 Å². The lowest BCUT2D eigenvalue weighted by Crippen LogP contribution is -2.30. The van der Waals surface area contributed by atoms with Gasteiger partial charge in [-0.25, -0.2) is 9.13 Å². The van der Waals surface area contributed by atoms with E-state index in [1.165, 1.54) is 315 Å². The highest BCUT2D eigenvalue weighted by Gasteiger charge is 2.31. The zero-order valence-corrected chi connectivity index (χ0v) is 75.1. The van der Waals surface area contributed by atoms with Crippen molar-refractivity contribution in [3.63, 3.8) is 0 Å². The van der Waals surface area contributed by atoms with Crippen LogP contribution in [-0.4, -0.2) is 96.7 Å². The summed E-state index contributed by atoms with van der Waals surface area (Å²) in [4.78, 5) is 73.4. The van der Waals surface area contributed by atoms with Crippen molar-refractivity contribution in [2.24, 2.45) is 11.8 Å². The molecule has 17 nitrogen and oxygen atoms in total. The molecule has 0 radical (unpaired) electrons. The van der Waals surface area contributed by atoms with E-state index in [1.54, 1.807) is 0 Å². The standard InChI is InChI=1S/C92H180O17P2/c1-7-11-13-15-17-19-20-21-22-23-30-36-41-46-52-58-64-70-76-91(96)108-87(80-102-89(94)74-68-62-56-48-18-16-14-12-8-2)82-106-110(98,99)104-78-86(93)79-105-111(100,101)107-83-88(109-92(97)77-71-65-59-53-47-42-37-32-27-25-29-34-39-44-50-55-61-67-73-85(6)10-4)81-103-90(95)75-69-63-57-51-45-40-35-31-26-24-28-33-38-43-49-54-60-66-72-84(5)9-3/h84-88,93H,7-83H2,1-6H3,(H,98,99)(H,100,101)/t84?,85?,86-,87+,88+/m0/s1. The molecular formula is C92H180O17P2. The summed E-state index contributed by atoms with van der Waals surface area (Å²) in [5.41, 5.74) is 0. The van der Waals surface area contributed by atoms with Crippen LogP contribution in [0.5, 0.6) is 0 Å². The summed E-state index contributed by atoms with van der Waals surface area (Å²) in [5, 5.41) is 10.7. The van der Waals surface area contributed by atoms with Gasteiger partial charge in [0, 0.05) is 25.7 Å². The minimum absolute atomic E-state index is 0.109. The van der Waals surface area contributed by atoms with Crippen molar-refractivity contribution in [2.75, 3.05) is 39.6 Å². The molecule has 0 saturated carbocycles. The maximum absolute atomic E-state index is 13.2. The molecule has 0 aromatic rings. The molecule has 0 spiro atoms. The number of unbranched alkanes of at least 4 members (excludes halogenated alkanes) is 59.